The fraction of sp³-hybridized carbons (Fsp3) is 0.556. The largest absolute Gasteiger partial charge is 0.376 e. The minimum absolute atomic E-state index is 0.0853. The van der Waals surface area contributed by atoms with Crippen molar-refractivity contribution in [2.24, 2.45) is 5.84 Å². The van der Waals surface area contributed by atoms with Crippen molar-refractivity contribution in [1.29, 1.82) is 0 Å². The molecule has 1 fully saturated rings. The molecule has 0 radical (unpaired) electrons. The third-order valence-electron chi connectivity index (χ3n) is 2.48. The molecule has 1 unspecified atom stereocenters. The van der Waals surface area contributed by atoms with Gasteiger partial charge in [0.2, 0.25) is 11.8 Å². The summed E-state index contributed by atoms with van der Waals surface area (Å²) >= 11 is 0. The molecule has 2 heterocycles. The summed E-state index contributed by atoms with van der Waals surface area (Å²) in [6, 6.07) is 0. The van der Waals surface area contributed by atoms with E-state index in [1.807, 2.05) is 0 Å². The van der Waals surface area contributed by atoms with Crippen LogP contribution >= 0.6 is 0 Å². The maximum atomic E-state index is 10.9. The highest BCUT2D eigenvalue weighted by atomic mass is 16.6. The Balaban J connectivity index is 2.06. The van der Waals surface area contributed by atoms with Crippen LogP contribution < -0.4 is 16.6 Å². The van der Waals surface area contributed by atoms with Crippen molar-refractivity contribution in [2.75, 3.05) is 37.1 Å². The van der Waals surface area contributed by atoms with E-state index in [0.29, 0.717) is 26.4 Å². The van der Waals surface area contributed by atoms with Gasteiger partial charge in [-0.15, -0.1) is 0 Å². The quantitative estimate of drug-likeness (QED) is 0.367. The SMILES string of the molecule is NNc1ncc([N+](=O)[O-])c(NCC2COCCO2)n1. The van der Waals surface area contributed by atoms with Gasteiger partial charge in [0.15, 0.2) is 0 Å². The first kappa shape index (κ1) is 13.4. The average Bonchev–Trinajstić information content (AvgIpc) is 2.45. The second-order valence-electron chi connectivity index (χ2n) is 3.78. The van der Waals surface area contributed by atoms with Gasteiger partial charge in [0, 0.05) is 6.54 Å². The van der Waals surface area contributed by atoms with Gasteiger partial charge in [-0.25, -0.2) is 10.8 Å². The van der Waals surface area contributed by atoms with E-state index < -0.39 is 4.92 Å². The number of anilines is 2. The van der Waals surface area contributed by atoms with Crippen molar-refractivity contribution < 1.29 is 14.4 Å². The smallest absolute Gasteiger partial charge is 0.329 e. The molecule has 1 aromatic heterocycles. The van der Waals surface area contributed by atoms with Gasteiger partial charge in [-0.3, -0.25) is 15.5 Å². The molecule has 0 aliphatic carbocycles. The molecule has 1 aliphatic rings. The number of hydrogen-bond donors (Lipinski definition) is 3. The van der Waals surface area contributed by atoms with Crippen LogP contribution in [0.3, 0.4) is 0 Å². The Hall–Kier alpha value is -2.04. The van der Waals surface area contributed by atoms with Gasteiger partial charge in [-0.1, -0.05) is 0 Å². The number of nitrogens with two attached hydrogens (primary N) is 1. The predicted octanol–water partition coefficient (Wildman–Crippen LogP) is -0.502. The molecule has 0 spiro atoms. The molecule has 0 bridgehead atoms. The van der Waals surface area contributed by atoms with Crippen LogP contribution in [0.2, 0.25) is 0 Å². The number of hydrogen-bond acceptors (Lipinski definition) is 9. The number of rotatable bonds is 5. The maximum Gasteiger partial charge on any atom is 0.329 e. The van der Waals surface area contributed by atoms with Gasteiger partial charge in [-0.2, -0.15) is 4.98 Å². The van der Waals surface area contributed by atoms with Gasteiger partial charge in [0.25, 0.3) is 0 Å². The van der Waals surface area contributed by atoms with E-state index in [9.17, 15) is 10.1 Å². The van der Waals surface area contributed by atoms with E-state index in [1.165, 1.54) is 0 Å². The molecule has 1 aliphatic heterocycles. The van der Waals surface area contributed by atoms with Crippen LogP contribution in [-0.2, 0) is 9.47 Å². The van der Waals surface area contributed by atoms with Crippen molar-refractivity contribution >= 4 is 17.5 Å². The predicted molar refractivity (Wildman–Crippen MR) is 65.5 cm³/mol. The van der Waals surface area contributed by atoms with Gasteiger partial charge >= 0.3 is 5.69 Å². The fourth-order valence-corrected chi connectivity index (χ4v) is 1.57. The maximum absolute atomic E-state index is 10.9. The minimum atomic E-state index is -0.569. The van der Waals surface area contributed by atoms with E-state index in [-0.39, 0.29) is 23.6 Å². The molecule has 0 amide bonds. The highest BCUT2D eigenvalue weighted by molar-refractivity contribution is 5.56. The fourth-order valence-electron chi connectivity index (χ4n) is 1.57. The Morgan fingerprint density at radius 1 is 1.58 bits per heavy atom. The van der Waals surface area contributed by atoms with E-state index in [0.717, 1.165) is 6.20 Å². The number of nitrogens with one attached hydrogen (secondary N) is 2. The lowest BCUT2D eigenvalue weighted by Gasteiger charge is -2.23. The first-order chi connectivity index (χ1) is 9.20. The molecule has 1 atom stereocenters. The van der Waals surface area contributed by atoms with Crippen LogP contribution in [0.25, 0.3) is 0 Å². The van der Waals surface area contributed by atoms with Crippen LogP contribution in [0.15, 0.2) is 6.20 Å². The van der Waals surface area contributed by atoms with E-state index >= 15 is 0 Å². The van der Waals surface area contributed by atoms with Gasteiger partial charge in [0.1, 0.15) is 6.20 Å². The van der Waals surface area contributed by atoms with Crippen LogP contribution in [0, 0.1) is 10.1 Å². The zero-order chi connectivity index (χ0) is 13.7. The summed E-state index contributed by atoms with van der Waals surface area (Å²) < 4.78 is 10.6. The number of nitro groups is 1. The summed E-state index contributed by atoms with van der Waals surface area (Å²) in [4.78, 5) is 17.9. The summed E-state index contributed by atoms with van der Waals surface area (Å²) in [6.07, 6.45) is 0.917. The van der Waals surface area contributed by atoms with E-state index in [1.54, 1.807) is 0 Å². The second-order valence-corrected chi connectivity index (χ2v) is 3.78. The van der Waals surface area contributed by atoms with Gasteiger partial charge in [-0.05, 0) is 0 Å². The highest BCUT2D eigenvalue weighted by Gasteiger charge is 2.20. The normalized spacial score (nSPS) is 18.9. The average molecular weight is 270 g/mol. The van der Waals surface area contributed by atoms with Crippen molar-refractivity contribution in [3.63, 3.8) is 0 Å². The first-order valence-electron chi connectivity index (χ1n) is 5.62. The third kappa shape index (κ3) is 3.47. The van der Waals surface area contributed by atoms with Gasteiger partial charge < -0.3 is 14.8 Å². The Morgan fingerprint density at radius 2 is 2.42 bits per heavy atom. The second kappa shape index (κ2) is 6.22. The van der Waals surface area contributed by atoms with Crippen LogP contribution in [0.1, 0.15) is 0 Å². The Bertz CT molecular complexity index is 450. The molecule has 0 saturated carbocycles. The van der Waals surface area contributed by atoms with Crippen LogP contribution in [0.4, 0.5) is 17.5 Å². The molecular weight excluding hydrogens is 256 g/mol. The van der Waals surface area contributed by atoms with Crippen molar-refractivity contribution in [3.05, 3.63) is 16.3 Å². The first-order valence-corrected chi connectivity index (χ1v) is 5.62. The van der Waals surface area contributed by atoms with E-state index in [2.05, 4.69) is 20.7 Å². The topological polar surface area (TPSA) is 137 Å². The third-order valence-corrected chi connectivity index (χ3v) is 2.48. The van der Waals surface area contributed by atoms with Gasteiger partial charge in [0.05, 0.1) is 30.8 Å². The molecule has 1 aromatic rings. The standard InChI is InChI=1S/C9H14N6O4/c10-14-9-12-4-7(15(16)17)8(13-9)11-3-6-5-18-1-2-19-6/h4,6H,1-3,5,10H2,(H2,11,12,13,14). The van der Waals surface area contributed by atoms with Crippen molar-refractivity contribution in [3.8, 4) is 0 Å². The zero-order valence-electron chi connectivity index (χ0n) is 10.0. The Kier molecular flexibility index (Phi) is 4.39. The van der Waals surface area contributed by atoms with E-state index in [4.69, 9.17) is 15.3 Å². The molecule has 4 N–H and O–H groups in total. The number of ether oxygens (including phenoxy) is 2. The van der Waals surface area contributed by atoms with Crippen LogP contribution in [-0.4, -0.2) is 47.4 Å². The number of aromatic nitrogens is 2. The molecule has 1 saturated heterocycles. The zero-order valence-corrected chi connectivity index (χ0v) is 10.0. The summed E-state index contributed by atoms with van der Waals surface area (Å²) in [6.45, 7) is 1.86. The highest BCUT2D eigenvalue weighted by Crippen LogP contribution is 2.21. The molecule has 0 aromatic carbocycles. The molecule has 2 rings (SSSR count). The number of nitrogen functional groups attached to an aromatic ring is 1. The summed E-state index contributed by atoms with van der Waals surface area (Å²) in [5.41, 5.74) is 2.00. The number of nitrogens with zero attached hydrogens (tertiary/aromatic N) is 3. The molecule has 10 nitrogen and oxygen atoms in total. The van der Waals surface area contributed by atoms with Crippen LogP contribution in [0.5, 0.6) is 0 Å². The lowest BCUT2D eigenvalue weighted by molar-refractivity contribution is -0.384. The monoisotopic (exact) mass is 270 g/mol. The minimum Gasteiger partial charge on any atom is -0.376 e. The van der Waals surface area contributed by atoms with Crippen molar-refractivity contribution in [1.82, 2.24) is 9.97 Å². The summed E-state index contributed by atoms with van der Waals surface area (Å²) in [7, 11) is 0. The Morgan fingerprint density at radius 3 is 3.05 bits per heavy atom. The molecule has 10 heteroatoms. The molecule has 19 heavy (non-hydrogen) atoms. The van der Waals surface area contributed by atoms with Crippen molar-refractivity contribution in [2.45, 2.75) is 6.10 Å². The summed E-state index contributed by atoms with van der Waals surface area (Å²) in [5, 5.41) is 13.7. The number of hydrazine groups is 1. The molecular formula is C9H14N6O4. The Labute approximate surface area is 108 Å². The molecule has 104 valence electrons. The lowest BCUT2D eigenvalue weighted by atomic mass is 10.3. The summed E-state index contributed by atoms with van der Waals surface area (Å²) in [5.74, 6) is 5.34. The lowest BCUT2D eigenvalue weighted by Crippen LogP contribution is -2.34.